The van der Waals surface area contributed by atoms with Crippen LogP contribution in [0.2, 0.25) is 5.02 Å². The molecule has 1 aliphatic heterocycles. The van der Waals surface area contributed by atoms with E-state index in [1.807, 2.05) is 13.0 Å². The van der Waals surface area contributed by atoms with Crippen LogP contribution in [-0.2, 0) is 16.8 Å². The third kappa shape index (κ3) is 1.73. The van der Waals surface area contributed by atoms with Crippen molar-refractivity contribution in [1.29, 1.82) is 0 Å². The molecule has 100 valence electrons. The second kappa shape index (κ2) is 4.11. The minimum absolute atomic E-state index is 0.0507. The van der Waals surface area contributed by atoms with Gasteiger partial charge in [-0.3, -0.25) is 4.79 Å². The number of rotatable bonds is 0. The summed E-state index contributed by atoms with van der Waals surface area (Å²) in [6, 6.07) is 6.15. The maximum absolute atomic E-state index is 12.0. The number of Topliss-reactive ketones (excluding diaryl/α,β-unsaturated/α-hetero) is 1. The molecule has 2 nitrogen and oxygen atoms in total. The van der Waals surface area contributed by atoms with Crippen molar-refractivity contribution in [2.24, 2.45) is 0 Å². The van der Waals surface area contributed by atoms with Gasteiger partial charge in [-0.2, -0.15) is 0 Å². The number of carbonyl (C=O) groups is 1. The Morgan fingerprint density at radius 1 is 1.37 bits per heavy atom. The fourth-order valence-corrected chi connectivity index (χ4v) is 3.95. The van der Waals surface area contributed by atoms with Gasteiger partial charge in [-0.15, -0.1) is 0 Å². The number of allylic oxidation sites excluding steroid dienone is 2. The van der Waals surface area contributed by atoms with Crippen LogP contribution in [0.4, 0.5) is 0 Å². The first kappa shape index (κ1) is 12.7. The van der Waals surface area contributed by atoms with Crippen molar-refractivity contribution < 1.29 is 4.79 Å². The van der Waals surface area contributed by atoms with Crippen LogP contribution in [0.3, 0.4) is 0 Å². The molecule has 0 N–H and O–H groups in total. The molecule has 0 spiro atoms. The summed E-state index contributed by atoms with van der Waals surface area (Å²) in [5, 5.41) is 0.784. The molecule has 0 amide bonds. The van der Waals surface area contributed by atoms with E-state index in [0.29, 0.717) is 6.42 Å². The SMILES string of the molecule is CC1=C2N(C)Cc3cc(Cl)ccc3[C@@]2(C)CCC1=O. The summed E-state index contributed by atoms with van der Waals surface area (Å²) in [4.78, 5) is 14.2. The largest absolute Gasteiger partial charge is 0.373 e. The molecule has 3 heteroatoms. The van der Waals surface area contributed by atoms with Gasteiger partial charge in [0.15, 0.2) is 5.78 Å². The molecule has 1 heterocycles. The predicted molar refractivity (Wildman–Crippen MR) is 77.2 cm³/mol. The molecule has 1 aromatic carbocycles. The van der Waals surface area contributed by atoms with Crippen LogP contribution >= 0.6 is 11.6 Å². The van der Waals surface area contributed by atoms with Crippen molar-refractivity contribution in [3.8, 4) is 0 Å². The minimum atomic E-state index is -0.0507. The number of likely N-dealkylation sites (N-methyl/N-ethyl adjacent to an activating group) is 1. The zero-order chi connectivity index (χ0) is 13.8. The van der Waals surface area contributed by atoms with E-state index in [2.05, 4.69) is 31.0 Å². The molecule has 0 unspecified atom stereocenters. The van der Waals surface area contributed by atoms with Gasteiger partial charge in [0.25, 0.3) is 0 Å². The number of hydrogen-bond donors (Lipinski definition) is 0. The van der Waals surface area contributed by atoms with Crippen LogP contribution in [0.25, 0.3) is 0 Å². The van der Waals surface area contributed by atoms with Gasteiger partial charge in [0.1, 0.15) is 0 Å². The monoisotopic (exact) mass is 275 g/mol. The Bertz CT molecular complexity index is 605. The zero-order valence-corrected chi connectivity index (χ0v) is 12.3. The van der Waals surface area contributed by atoms with E-state index in [1.54, 1.807) is 0 Å². The first-order valence-electron chi connectivity index (χ1n) is 6.68. The van der Waals surface area contributed by atoms with Crippen molar-refractivity contribution in [3.05, 3.63) is 45.6 Å². The van der Waals surface area contributed by atoms with Crippen LogP contribution in [0.1, 0.15) is 37.8 Å². The third-order valence-electron chi connectivity index (χ3n) is 4.60. The first-order chi connectivity index (χ1) is 8.93. The van der Waals surface area contributed by atoms with Crippen LogP contribution < -0.4 is 0 Å². The van der Waals surface area contributed by atoms with Crippen molar-refractivity contribution >= 4 is 17.4 Å². The van der Waals surface area contributed by atoms with Crippen molar-refractivity contribution in [2.45, 2.75) is 38.6 Å². The Hall–Kier alpha value is -1.28. The lowest BCUT2D eigenvalue weighted by Crippen LogP contribution is -2.44. The average molecular weight is 276 g/mol. The quantitative estimate of drug-likeness (QED) is 0.720. The topological polar surface area (TPSA) is 20.3 Å². The van der Waals surface area contributed by atoms with Crippen LogP contribution in [0.15, 0.2) is 29.5 Å². The van der Waals surface area contributed by atoms with E-state index >= 15 is 0 Å². The molecule has 1 atom stereocenters. The van der Waals surface area contributed by atoms with E-state index in [0.717, 1.165) is 23.6 Å². The molecule has 1 aliphatic carbocycles. The number of nitrogens with zero attached hydrogens (tertiary/aromatic N) is 1. The van der Waals surface area contributed by atoms with Gasteiger partial charge in [-0.25, -0.2) is 0 Å². The highest BCUT2D eigenvalue weighted by Crippen LogP contribution is 2.48. The number of carbonyl (C=O) groups excluding carboxylic acids is 1. The first-order valence-corrected chi connectivity index (χ1v) is 7.06. The lowest BCUT2D eigenvalue weighted by atomic mass is 9.66. The van der Waals surface area contributed by atoms with Gasteiger partial charge in [0.05, 0.1) is 0 Å². The van der Waals surface area contributed by atoms with Gasteiger partial charge in [-0.05, 0) is 43.5 Å². The number of ketones is 1. The second-order valence-corrected chi connectivity index (χ2v) is 6.32. The van der Waals surface area contributed by atoms with E-state index in [9.17, 15) is 4.79 Å². The molecular weight excluding hydrogens is 258 g/mol. The molecule has 0 saturated heterocycles. The summed E-state index contributed by atoms with van der Waals surface area (Å²) in [6.07, 6.45) is 1.53. The van der Waals surface area contributed by atoms with Gasteiger partial charge < -0.3 is 4.90 Å². The summed E-state index contributed by atoms with van der Waals surface area (Å²) in [7, 11) is 2.07. The molecule has 0 fully saturated rings. The second-order valence-electron chi connectivity index (χ2n) is 5.89. The molecule has 1 aromatic rings. The highest BCUT2D eigenvalue weighted by Gasteiger charge is 2.43. The number of hydrogen-bond acceptors (Lipinski definition) is 2. The van der Waals surface area contributed by atoms with Crippen molar-refractivity contribution in [3.63, 3.8) is 0 Å². The molecule has 0 aromatic heterocycles. The number of benzene rings is 1. The summed E-state index contributed by atoms with van der Waals surface area (Å²) >= 11 is 6.11. The predicted octanol–water partition coefficient (Wildman–Crippen LogP) is 3.68. The van der Waals surface area contributed by atoms with E-state index in [4.69, 9.17) is 11.6 Å². The van der Waals surface area contributed by atoms with Crippen molar-refractivity contribution in [1.82, 2.24) is 4.90 Å². The normalized spacial score (nSPS) is 26.3. The standard InChI is InChI=1S/C16H18ClNO/c1-10-14(19)6-7-16(2)13-5-4-12(17)8-11(13)9-18(3)15(10)16/h4-5,8H,6-7,9H2,1-3H3/t16-/m1/s1. The maximum atomic E-state index is 12.0. The van der Waals surface area contributed by atoms with Crippen LogP contribution in [-0.4, -0.2) is 17.7 Å². The van der Waals surface area contributed by atoms with Gasteiger partial charge in [0.2, 0.25) is 0 Å². The fourth-order valence-electron chi connectivity index (χ4n) is 3.75. The Balaban J connectivity index is 2.26. The molecule has 2 aliphatic rings. The molecular formula is C16H18ClNO. The molecule has 3 rings (SSSR count). The Morgan fingerprint density at radius 2 is 2.11 bits per heavy atom. The number of fused-ring (bicyclic) bond motifs is 3. The van der Waals surface area contributed by atoms with Gasteiger partial charge in [-0.1, -0.05) is 17.7 Å². The summed E-state index contributed by atoms with van der Waals surface area (Å²) in [5.74, 6) is 0.289. The summed E-state index contributed by atoms with van der Waals surface area (Å²) < 4.78 is 0. The highest BCUT2D eigenvalue weighted by molar-refractivity contribution is 6.30. The fraction of sp³-hybridized carbons (Fsp3) is 0.438. The van der Waals surface area contributed by atoms with Crippen molar-refractivity contribution in [2.75, 3.05) is 7.05 Å². The van der Waals surface area contributed by atoms with Gasteiger partial charge in [0, 0.05) is 41.7 Å². The number of halogens is 1. The summed E-state index contributed by atoms with van der Waals surface area (Å²) in [6.45, 7) is 5.04. The van der Waals surface area contributed by atoms with Gasteiger partial charge >= 0.3 is 0 Å². The smallest absolute Gasteiger partial charge is 0.160 e. The van der Waals surface area contributed by atoms with E-state index in [1.165, 1.54) is 16.8 Å². The summed E-state index contributed by atoms with van der Waals surface area (Å²) in [5.41, 5.74) is 4.68. The molecule has 0 saturated carbocycles. The highest BCUT2D eigenvalue weighted by atomic mass is 35.5. The minimum Gasteiger partial charge on any atom is -0.373 e. The lowest BCUT2D eigenvalue weighted by molar-refractivity contribution is -0.116. The Kier molecular flexibility index (Phi) is 2.75. The van der Waals surface area contributed by atoms with E-state index < -0.39 is 0 Å². The maximum Gasteiger partial charge on any atom is 0.160 e. The third-order valence-corrected chi connectivity index (χ3v) is 4.83. The molecule has 0 bridgehead atoms. The zero-order valence-electron chi connectivity index (χ0n) is 11.6. The Morgan fingerprint density at radius 3 is 2.84 bits per heavy atom. The molecule has 19 heavy (non-hydrogen) atoms. The van der Waals surface area contributed by atoms with Crippen LogP contribution in [0.5, 0.6) is 0 Å². The lowest BCUT2D eigenvalue weighted by Gasteiger charge is -2.47. The Labute approximate surface area is 119 Å². The van der Waals surface area contributed by atoms with Crippen LogP contribution in [0, 0.1) is 0 Å². The average Bonchev–Trinajstić information content (AvgIpc) is 2.34. The molecule has 0 radical (unpaired) electrons. The van der Waals surface area contributed by atoms with E-state index in [-0.39, 0.29) is 11.2 Å².